The van der Waals surface area contributed by atoms with Crippen molar-refractivity contribution in [2.45, 2.75) is 18.6 Å². The van der Waals surface area contributed by atoms with Crippen LogP contribution in [0.3, 0.4) is 0 Å². The molecule has 0 amide bonds. The number of ether oxygens (including phenoxy) is 3. The van der Waals surface area contributed by atoms with Crippen molar-refractivity contribution in [2.75, 3.05) is 41.0 Å². The second-order valence-electron chi connectivity index (χ2n) is 5.04. The summed E-state index contributed by atoms with van der Waals surface area (Å²) in [5.74, 6) is 1.58. The monoisotopic (exact) mass is 280 g/mol. The molecule has 2 unspecified atom stereocenters. The summed E-state index contributed by atoms with van der Waals surface area (Å²) >= 11 is 0. The Kier molecular flexibility index (Phi) is 5.23. The highest BCUT2D eigenvalue weighted by molar-refractivity contribution is 5.40. The van der Waals surface area contributed by atoms with E-state index in [1.54, 1.807) is 21.3 Å². The molecule has 2 atom stereocenters. The smallest absolute Gasteiger partial charge is 0.122 e. The summed E-state index contributed by atoms with van der Waals surface area (Å²) in [7, 11) is 5.08. The first kappa shape index (κ1) is 15.1. The highest BCUT2D eigenvalue weighted by atomic mass is 16.5. The Morgan fingerprint density at radius 1 is 1.20 bits per heavy atom. The van der Waals surface area contributed by atoms with Gasteiger partial charge in [0, 0.05) is 38.9 Å². The van der Waals surface area contributed by atoms with E-state index < -0.39 is 0 Å². The lowest BCUT2D eigenvalue weighted by molar-refractivity contribution is 0.101. The molecular weight excluding hydrogens is 256 g/mol. The molecule has 0 bridgehead atoms. The molecule has 1 aliphatic heterocycles. The molecule has 20 heavy (non-hydrogen) atoms. The van der Waals surface area contributed by atoms with Gasteiger partial charge in [0.25, 0.3) is 0 Å². The predicted molar refractivity (Wildman–Crippen MR) is 78.3 cm³/mol. The molecule has 5 heteroatoms. The zero-order valence-electron chi connectivity index (χ0n) is 12.5. The lowest BCUT2D eigenvalue weighted by Gasteiger charge is -2.27. The molecule has 0 saturated carbocycles. The van der Waals surface area contributed by atoms with E-state index in [1.807, 2.05) is 18.2 Å². The maximum Gasteiger partial charge on any atom is 0.122 e. The van der Waals surface area contributed by atoms with Gasteiger partial charge in [-0.1, -0.05) is 0 Å². The summed E-state index contributed by atoms with van der Waals surface area (Å²) in [6.45, 7) is 2.48. The van der Waals surface area contributed by atoms with Crippen molar-refractivity contribution < 1.29 is 14.2 Å². The van der Waals surface area contributed by atoms with E-state index in [-0.39, 0.29) is 6.04 Å². The van der Waals surface area contributed by atoms with E-state index in [2.05, 4.69) is 4.90 Å². The first-order chi connectivity index (χ1) is 9.71. The zero-order chi connectivity index (χ0) is 14.5. The summed E-state index contributed by atoms with van der Waals surface area (Å²) in [6.07, 6.45) is 1.35. The molecule has 5 nitrogen and oxygen atoms in total. The Hall–Kier alpha value is -1.30. The molecule has 1 heterocycles. The average Bonchev–Trinajstić information content (AvgIpc) is 2.96. The minimum absolute atomic E-state index is 0.166. The van der Waals surface area contributed by atoms with E-state index in [0.29, 0.717) is 12.6 Å². The van der Waals surface area contributed by atoms with Gasteiger partial charge >= 0.3 is 0 Å². The number of nitrogens with zero attached hydrogens (tertiary/aromatic N) is 1. The van der Waals surface area contributed by atoms with Crippen LogP contribution in [0.15, 0.2) is 18.2 Å². The van der Waals surface area contributed by atoms with Crippen molar-refractivity contribution in [3.8, 4) is 11.5 Å². The number of benzene rings is 1. The third-order valence-corrected chi connectivity index (χ3v) is 3.93. The molecule has 1 aliphatic rings. The van der Waals surface area contributed by atoms with E-state index in [1.165, 1.54) is 0 Å². The van der Waals surface area contributed by atoms with Crippen molar-refractivity contribution in [2.24, 2.45) is 5.73 Å². The highest BCUT2D eigenvalue weighted by Crippen LogP contribution is 2.31. The number of hydrogen-bond acceptors (Lipinski definition) is 5. The molecule has 0 aromatic heterocycles. The molecule has 112 valence electrons. The fraction of sp³-hybridized carbons (Fsp3) is 0.600. The number of rotatable bonds is 6. The second-order valence-corrected chi connectivity index (χ2v) is 5.04. The van der Waals surface area contributed by atoms with Crippen LogP contribution in [0.25, 0.3) is 0 Å². The quantitative estimate of drug-likeness (QED) is 0.854. The zero-order valence-corrected chi connectivity index (χ0v) is 12.5. The van der Waals surface area contributed by atoms with Gasteiger partial charge in [-0.05, 0) is 24.1 Å². The first-order valence-corrected chi connectivity index (χ1v) is 6.91. The lowest BCUT2D eigenvalue weighted by atomic mass is 10.0. The van der Waals surface area contributed by atoms with E-state index >= 15 is 0 Å². The Morgan fingerprint density at radius 3 is 2.30 bits per heavy atom. The topological polar surface area (TPSA) is 57.0 Å². The van der Waals surface area contributed by atoms with Crippen LogP contribution in [0.1, 0.15) is 18.0 Å². The molecule has 0 aliphatic carbocycles. The Morgan fingerprint density at radius 2 is 1.85 bits per heavy atom. The van der Waals surface area contributed by atoms with Crippen LogP contribution in [0, 0.1) is 0 Å². The van der Waals surface area contributed by atoms with Crippen LogP contribution >= 0.6 is 0 Å². The summed E-state index contributed by atoms with van der Waals surface area (Å²) in [4.78, 5) is 2.36. The van der Waals surface area contributed by atoms with E-state index in [4.69, 9.17) is 19.9 Å². The SMILES string of the molecule is COc1cc(OC)cc(C(CN)N2CCC(OC)C2)c1. The van der Waals surface area contributed by atoms with Gasteiger partial charge in [-0.2, -0.15) is 0 Å². The van der Waals surface area contributed by atoms with Crippen molar-refractivity contribution in [3.63, 3.8) is 0 Å². The third-order valence-electron chi connectivity index (χ3n) is 3.93. The number of likely N-dealkylation sites (tertiary alicyclic amines) is 1. The van der Waals surface area contributed by atoms with Gasteiger partial charge in [-0.3, -0.25) is 4.90 Å². The standard InChI is InChI=1S/C15H24N2O3/c1-18-12-4-5-17(10-12)15(9-16)11-6-13(19-2)8-14(7-11)20-3/h6-8,12,15H,4-5,9-10,16H2,1-3H3. The van der Waals surface area contributed by atoms with Crippen LogP contribution < -0.4 is 15.2 Å². The fourth-order valence-electron chi connectivity index (χ4n) is 2.75. The van der Waals surface area contributed by atoms with Crippen LogP contribution in [0.4, 0.5) is 0 Å². The number of nitrogens with two attached hydrogens (primary N) is 1. The van der Waals surface area contributed by atoms with Gasteiger partial charge in [-0.25, -0.2) is 0 Å². The van der Waals surface area contributed by atoms with Crippen molar-refractivity contribution >= 4 is 0 Å². The van der Waals surface area contributed by atoms with Crippen molar-refractivity contribution in [3.05, 3.63) is 23.8 Å². The lowest BCUT2D eigenvalue weighted by Crippen LogP contribution is -2.33. The molecule has 1 aromatic carbocycles. The van der Waals surface area contributed by atoms with E-state index in [0.717, 1.165) is 36.6 Å². The van der Waals surface area contributed by atoms with E-state index in [9.17, 15) is 0 Å². The molecule has 2 N–H and O–H groups in total. The third kappa shape index (κ3) is 3.23. The molecule has 1 saturated heterocycles. The van der Waals surface area contributed by atoms with Gasteiger partial charge in [0.2, 0.25) is 0 Å². The minimum atomic E-state index is 0.166. The summed E-state index contributed by atoms with van der Waals surface area (Å²) in [5, 5.41) is 0. The molecule has 2 rings (SSSR count). The summed E-state index contributed by atoms with van der Waals surface area (Å²) in [6, 6.07) is 6.10. The number of hydrogen-bond donors (Lipinski definition) is 1. The normalized spacial score (nSPS) is 20.9. The molecule has 0 radical (unpaired) electrons. The average molecular weight is 280 g/mol. The maximum atomic E-state index is 5.99. The minimum Gasteiger partial charge on any atom is -0.497 e. The second kappa shape index (κ2) is 6.92. The number of methoxy groups -OCH3 is 3. The van der Waals surface area contributed by atoms with Gasteiger partial charge in [0.1, 0.15) is 11.5 Å². The summed E-state index contributed by atoms with van der Waals surface area (Å²) in [5.41, 5.74) is 7.12. The Balaban J connectivity index is 2.22. The van der Waals surface area contributed by atoms with Gasteiger partial charge in [0.05, 0.1) is 20.3 Å². The Labute approximate surface area is 120 Å². The van der Waals surface area contributed by atoms with Crippen LogP contribution in [0.2, 0.25) is 0 Å². The first-order valence-electron chi connectivity index (χ1n) is 6.91. The predicted octanol–water partition coefficient (Wildman–Crippen LogP) is 1.42. The van der Waals surface area contributed by atoms with Gasteiger partial charge in [0.15, 0.2) is 0 Å². The van der Waals surface area contributed by atoms with Crippen LogP contribution in [0.5, 0.6) is 11.5 Å². The highest BCUT2D eigenvalue weighted by Gasteiger charge is 2.28. The molecule has 1 fully saturated rings. The molecule has 0 spiro atoms. The van der Waals surface area contributed by atoms with Gasteiger partial charge in [-0.15, -0.1) is 0 Å². The van der Waals surface area contributed by atoms with Crippen molar-refractivity contribution in [1.82, 2.24) is 4.90 Å². The maximum absolute atomic E-state index is 5.99. The van der Waals surface area contributed by atoms with Crippen molar-refractivity contribution in [1.29, 1.82) is 0 Å². The summed E-state index contributed by atoms with van der Waals surface area (Å²) < 4.78 is 16.1. The Bertz CT molecular complexity index is 417. The van der Waals surface area contributed by atoms with Gasteiger partial charge < -0.3 is 19.9 Å². The molecule has 1 aromatic rings. The fourth-order valence-corrected chi connectivity index (χ4v) is 2.75. The largest absolute Gasteiger partial charge is 0.497 e. The molecular formula is C15H24N2O3. The van der Waals surface area contributed by atoms with Crippen LogP contribution in [-0.4, -0.2) is 52.0 Å². The van der Waals surface area contributed by atoms with Crippen LogP contribution in [-0.2, 0) is 4.74 Å².